The molecule has 2 aromatic heterocycles. The Labute approximate surface area is 168 Å². The number of piperazine rings is 1. The molecule has 0 atom stereocenters. The molecule has 0 N–H and O–H groups in total. The van der Waals surface area contributed by atoms with Crippen molar-refractivity contribution in [3.8, 4) is 9.88 Å². The maximum absolute atomic E-state index is 12.7. The monoisotopic (exact) mass is 424 g/mol. The summed E-state index contributed by atoms with van der Waals surface area (Å²) in [5, 5.41) is 13.4. The fraction of sp³-hybridized carbons (Fsp3) is 0.235. The van der Waals surface area contributed by atoms with Gasteiger partial charge in [0.1, 0.15) is 0 Å². The molecule has 3 heterocycles. The van der Waals surface area contributed by atoms with Gasteiger partial charge in [0.15, 0.2) is 5.01 Å². The second-order valence-electron chi connectivity index (χ2n) is 5.77. The van der Waals surface area contributed by atoms with Crippen molar-refractivity contribution >= 4 is 56.9 Å². The zero-order valence-corrected chi connectivity index (χ0v) is 16.7. The largest absolute Gasteiger partial charge is 0.343 e. The van der Waals surface area contributed by atoms with E-state index < -0.39 is 0 Å². The molecule has 9 heteroatoms. The first-order chi connectivity index (χ1) is 12.6. The number of nitrogens with zero attached hydrogens (tertiary/aromatic N) is 4. The van der Waals surface area contributed by atoms with Crippen molar-refractivity contribution in [2.45, 2.75) is 0 Å². The SMILES string of the molecule is O=C(c1ccc(Cl)cc1Cl)N1CCN(c2nnc(-c3cccs3)s2)CC1. The maximum Gasteiger partial charge on any atom is 0.255 e. The highest BCUT2D eigenvalue weighted by atomic mass is 35.5. The van der Waals surface area contributed by atoms with E-state index in [1.54, 1.807) is 40.9 Å². The van der Waals surface area contributed by atoms with Crippen molar-refractivity contribution in [3.05, 3.63) is 51.3 Å². The molecule has 4 rings (SSSR count). The third-order valence-electron chi connectivity index (χ3n) is 4.15. The van der Waals surface area contributed by atoms with E-state index in [0.29, 0.717) is 28.7 Å². The predicted octanol–water partition coefficient (Wildman–Crippen LogP) is 4.54. The van der Waals surface area contributed by atoms with Crippen LogP contribution in [0.3, 0.4) is 0 Å². The van der Waals surface area contributed by atoms with E-state index in [-0.39, 0.29) is 5.91 Å². The quantitative estimate of drug-likeness (QED) is 0.619. The third-order valence-corrected chi connectivity index (χ3v) is 6.72. The van der Waals surface area contributed by atoms with Crippen LogP contribution >= 0.6 is 45.9 Å². The number of amides is 1. The molecule has 0 bridgehead atoms. The van der Waals surface area contributed by atoms with Gasteiger partial charge >= 0.3 is 0 Å². The maximum atomic E-state index is 12.7. The Kier molecular flexibility index (Phi) is 5.13. The average molecular weight is 425 g/mol. The van der Waals surface area contributed by atoms with Crippen LogP contribution in [0.15, 0.2) is 35.7 Å². The Morgan fingerprint density at radius 2 is 1.88 bits per heavy atom. The van der Waals surface area contributed by atoms with Gasteiger partial charge in [-0.3, -0.25) is 4.79 Å². The van der Waals surface area contributed by atoms with Crippen LogP contribution in [0.1, 0.15) is 10.4 Å². The topological polar surface area (TPSA) is 49.3 Å². The van der Waals surface area contributed by atoms with Crippen LogP contribution in [0.4, 0.5) is 5.13 Å². The van der Waals surface area contributed by atoms with Crippen molar-refractivity contribution in [1.29, 1.82) is 0 Å². The fourth-order valence-electron chi connectivity index (χ4n) is 2.78. The summed E-state index contributed by atoms with van der Waals surface area (Å²) in [5.74, 6) is -0.0668. The number of rotatable bonds is 3. The van der Waals surface area contributed by atoms with Crippen LogP contribution < -0.4 is 4.90 Å². The highest BCUT2D eigenvalue weighted by Crippen LogP contribution is 2.32. The number of carbonyl (C=O) groups is 1. The molecule has 0 spiro atoms. The van der Waals surface area contributed by atoms with E-state index in [2.05, 4.69) is 15.1 Å². The van der Waals surface area contributed by atoms with Gasteiger partial charge in [-0.1, -0.05) is 40.6 Å². The molecule has 0 saturated carbocycles. The first kappa shape index (κ1) is 17.7. The van der Waals surface area contributed by atoms with Crippen LogP contribution in [0.5, 0.6) is 0 Å². The van der Waals surface area contributed by atoms with E-state index >= 15 is 0 Å². The third kappa shape index (κ3) is 3.57. The van der Waals surface area contributed by atoms with Gasteiger partial charge in [-0.05, 0) is 29.6 Å². The minimum absolute atomic E-state index is 0.0668. The van der Waals surface area contributed by atoms with Crippen molar-refractivity contribution in [3.63, 3.8) is 0 Å². The van der Waals surface area contributed by atoms with Gasteiger partial charge in [0.05, 0.1) is 15.5 Å². The lowest BCUT2D eigenvalue weighted by Crippen LogP contribution is -2.48. The molecular formula is C17H14Cl2N4OS2. The van der Waals surface area contributed by atoms with Crippen molar-refractivity contribution in [2.24, 2.45) is 0 Å². The summed E-state index contributed by atoms with van der Waals surface area (Å²) >= 11 is 15.3. The minimum atomic E-state index is -0.0668. The van der Waals surface area contributed by atoms with Gasteiger partial charge in [-0.25, -0.2) is 0 Å². The van der Waals surface area contributed by atoms with E-state index in [1.807, 2.05) is 22.4 Å². The summed E-state index contributed by atoms with van der Waals surface area (Å²) in [6, 6.07) is 9.01. The molecule has 5 nitrogen and oxygen atoms in total. The Bertz CT molecular complexity index is 921. The van der Waals surface area contributed by atoms with Crippen LogP contribution in [0, 0.1) is 0 Å². The van der Waals surface area contributed by atoms with E-state index in [4.69, 9.17) is 23.2 Å². The number of thiophene rings is 1. The Balaban J connectivity index is 1.42. The highest BCUT2D eigenvalue weighted by Gasteiger charge is 2.25. The molecule has 3 aromatic rings. The molecule has 0 unspecified atom stereocenters. The molecule has 1 fully saturated rings. The number of carbonyl (C=O) groups excluding carboxylic acids is 1. The summed E-state index contributed by atoms with van der Waals surface area (Å²) in [7, 11) is 0. The zero-order chi connectivity index (χ0) is 18.1. The lowest BCUT2D eigenvalue weighted by molar-refractivity contribution is 0.0747. The average Bonchev–Trinajstić information content (AvgIpc) is 3.33. The molecule has 1 aliphatic heterocycles. The van der Waals surface area contributed by atoms with Gasteiger partial charge < -0.3 is 9.80 Å². The van der Waals surface area contributed by atoms with Crippen LogP contribution in [-0.4, -0.2) is 47.2 Å². The number of hydrogen-bond donors (Lipinski definition) is 0. The van der Waals surface area contributed by atoms with Gasteiger partial charge in [0.25, 0.3) is 5.91 Å². The summed E-state index contributed by atoms with van der Waals surface area (Å²) in [4.78, 5) is 17.8. The Morgan fingerprint density at radius 1 is 1.08 bits per heavy atom. The standard InChI is InChI=1S/C17H14Cl2N4OS2/c18-11-3-4-12(13(19)10-11)16(24)22-5-7-23(8-6-22)17-21-20-15(26-17)14-2-1-9-25-14/h1-4,9-10H,5-8H2. The highest BCUT2D eigenvalue weighted by molar-refractivity contribution is 7.22. The van der Waals surface area contributed by atoms with Crippen LogP contribution in [0.25, 0.3) is 9.88 Å². The fourth-order valence-corrected chi connectivity index (χ4v) is 4.95. The smallest absolute Gasteiger partial charge is 0.255 e. The predicted molar refractivity (Wildman–Crippen MR) is 108 cm³/mol. The minimum Gasteiger partial charge on any atom is -0.343 e. The molecule has 1 saturated heterocycles. The molecule has 1 aliphatic rings. The zero-order valence-electron chi connectivity index (χ0n) is 13.6. The first-order valence-corrected chi connectivity index (χ1v) is 10.4. The second kappa shape index (κ2) is 7.52. The summed E-state index contributed by atoms with van der Waals surface area (Å²) in [5.41, 5.74) is 0.486. The lowest BCUT2D eigenvalue weighted by atomic mass is 10.2. The van der Waals surface area contributed by atoms with Gasteiger partial charge in [-0.15, -0.1) is 21.5 Å². The molecule has 26 heavy (non-hydrogen) atoms. The van der Waals surface area contributed by atoms with Gasteiger partial charge in [0, 0.05) is 31.2 Å². The summed E-state index contributed by atoms with van der Waals surface area (Å²) < 4.78 is 0. The number of hydrogen-bond acceptors (Lipinski definition) is 6. The number of benzene rings is 1. The lowest BCUT2D eigenvalue weighted by Gasteiger charge is -2.34. The number of anilines is 1. The van der Waals surface area contributed by atoms with E-state index in [1.165, 1.54) is 0 Å². The van der Waals surface area contributed by atoms with Crippen molar-refractivity contribution in [2.75, 3.05) is 31.1 Å². The van der Waals surface area contributed by atoms with Crippen molar-refractivity contribution < 1.29 is 4.79 Å². The first-order valence-electron chi connectivity index (χ1n) is 7.98. The summed E-state index contributed by atoms with van der Waals surface area (Å²) in [6.07, 6.45) is 0. The molecule has 134 valence electrons. The van der Waals surface area contributed by atoms with Crippen LogP contribution in [-0.2, 0) is 0 Å². The molecular weight excluding hydrogens is 411 g/mol. The van der Waals surface area contributed by atoms with Crippen molar-refractivity contribution in [1.82, 2.24) is 15.1 Å². The second-order valence-corrected chi connectivity index (χ2v) is 8.52. The Hall–Kier alpha value is -1.67. The van der Waals surface area contributed by atoms with Gasteiger partial charge in [-0.2, -0.15) is 0 Å². The Morgan fingerprint density at radius 3 is 2.58 bits per heavy atom. The molecule has 0 radical (unpaired) electrons. The number of aromatic nitrogens is 2. The summed E-state index contributed by atoms with van der Waals surface area (Å²) in [6.45, 7) is 2.67. The normalized spacial score (nSPS) is 14.7. The van der Waals surface area contributed by atoms with Crippen LogP contribution in [0.2, 0.25) is 10.0 Å². The van der Waals surface area contributed by atoms with E-state index in [0.717, 1.165) is 28.1 Å². The van der Waals surface area contributed by atoms with E-state index in [9.17, 15) is 4.79 Å². The molecule has 1 amide bonds. The molecule has 1 aromatic carbocycles. The number of halogens is 2. The molecule has 0 aliphatic carbocycles. The van der Waals surface area contributed by atoms with Gasteiger partial charge in [0.2, 0.25) is 5.13 Å².